The van der Waals surface area contributed by atoms with Gasteiger partial charge in [-0.3, -0.25) is 9.19 Å². The van der Waals surface area contributed by atoms with Crippen LogP contribution in [0.25, 0.3) is 0 Å². The summed E-state index contributed by atoms with van der Waals surface area (Å²) in [5, 5.41) is 12.1. The minimum Gasteiger partial charge on any atom is -0.385 e. The van der Waals surface area contributed by atoms with E-state index in [2.05, 4.69) is 20.0 Å². The zero-order valence-electron chi connectivity index (χ0n) is 11.1. The first-order valence-electron chi connectivity index (χ1n) is 5.67. The molecule has 10 heteroatoms. The molecule has 0 bridgehead atoms. The highest BCUT2D eigenvalue weighted by Gasteiger charge is 2.28. The lowest BCUT2D eigenvalue weighted by molar-refractivity contribution is -0.173. The van der Waals surface area contributed by atoms with E-state index in [-0.39, 0.29) is 10.7 Å². The van der Waals surface area contributed by atoms with Crippen molar-refractivity contribution in [2.45, 2.75) is 25.0 Å². The normalized spacial score (nSPS) is 13.6. The molecule has 1 unspecified atom stereocenters. The van der Waals surface area contributed by atoms with E-state index in [0.29, 0.717) is 11.4 Å². The Labute approximate surface area is 121 Å². The van der Waals surface area contributed by atoms with Gasteiger partial charge in [0.2, 0.25) is 12.3 Å². The third-order valence-electron chi connectivity index (χ3n) is 2.12. The predicted molar refractivity (Wildman–Crippen MR) is 67.9 cm³/mol. The van der Waals surface area contributed by atoms with E-state index < -0.39 is 29.3 Å². The molecule has 1 aromatic heterocycles. The number of halogens is 3. The molecule has 0 saturated carbocycles. The van der Waals surface area contributed by atoms with Crippen molar-refractivity contribution in [2.75, 3.05) is 12.4 Å². The average Bonchev–Trinajstić information content (AvgIpc) is 2.42. The molecule has 6 nitrogen and oxygen atoms in total. The van der Waals surface area contributed by atoms with Crippen LogP contribution in [0.4, 0.5) is 13.2 Å². The van der Waals surface area contributed by atoms with E-state index in [0.717, 1.165) is 6.20 Å². The zero-order chi connectivity index (χ0) is 16.0. The highest BCUT2D eigenvalue weighted by Crippen LogP contribution is 2.15. The number of aryl methyl sites for hydroxylation is 1. The van der Waals surface area contributed by atoms with Gasteiger partial charge in [-0.1, -0.05) is 12.1 Å². The Bertz CT molecular complexity index is 610. The van der Waals surface area contributed by atoms with Gasteiger partial charge in [-0.05, 0) is 6.92 Å². The molecular weight excluding hydrogens is 309 g/mol. The van der Waals surface area contributed by atoms with Gasteiger partial charge in [0.1, 0.15) is 16.8 Å². The molecule has 21 heavy (non-hydrogen) atoms. The zero-order valence-corrected chi connectivity index (χ0v) is 12.0. The third kappa shape index (κ3) is 5.11. The van der Waals surface area contributed by atoms with Crippen LogP contribution in [-0.2, 0) is 15.6 Å². The largest absolute Gasteiger partial charge is 0.425 e. The molecule has 1 rings (SSSR count). The standard InChI is InChI=1S/C11H11F3N4O2S/c1-3-21(19)10-7(2)16-5-9(17-10)8(4-15)18-20-6-11(12,13)14/h5H,3,6H2,1-2H3/b18-8+. The smallest absolute Gasteiger partial charge is 0.385 e. The Hall–Kier alpha value is -2.02. The fraction of sp³-hybridized carbons (Fsp3) is 0.455. The summed E-state index contributed by atoms with van der Waals surface area (Å²) in [6.07, 6.45) is -3.40. The molecule has 1 atom stereocenters. The van der Waals surface area contributed by atoms with Gasteiger partial charge in [0.05, 0.1) is 22.7 Å². The van der Waals surface area contributed by atoms with Gasteiger partial charge in [0.15, 0.2) is 0 Å². The summed E-state index contributed by atoms with van der Waals surface area (Å²) in [6, 6.07) is 1.56. The monoisotopic (exact) mass is 320 g/mol. The summed E-state index contributed by atoms with van der Waals surface area (Å²) < 4.78 is 47.6. The summed E-state index contributed by atoms with van der Waals surface area (Å²) in [5.41, 5.74) is -0.157. The van der Waals surface area contributed by atoms with Crippen LogP contribution in [0.3, 0.4) is 0 Å². The lowest BCUT2D eigenvalue weighted by atomic mass is 10.3. The molecule has 0 aliphatic rings. The maximum atomic E-state index is 11.9. The fourth-order valence-corrected chi connectivity index (χ4v) is 2.05. The second kappa shape index (κ2) is 7.12. The lowest BCUT2D eigenvalue weighted by Crippen LogP contribution is -2.16. The van der Waals surface area contributed by atoms with Crippen LogP contribution in [0.15, 0.2) is 16.4 Å². The molecule has 0 aliphatic carbocycles. The van der Waals surface area contributed by atoms with Gasteiger partial charge in [-0.2, -0.15) is 18.4 Å². The maximum absolute atomic E-state index is 11.9. The van der Waals surface area contributed by atoms with Crippen LogP contribution >= 0.6 is 0 Å². The predicted octanol–water partition coefficient (Wildman–Crippen LogP) is 1.72. The first-order valence-corrected chi connectivity index (χ1v) is 6.99. The van der Waals surface area contributed by atoms with E-state index in [1.54, 1.807) is 19.9 Å². The number of oxime groups is 1. The van der Waals surface area contributed by atoms with Crippen molar-refractivity contribution in [1.29, 1.82) is 5.26 Å². The van der Waals surface area contributed by atoms with Crippen molar-refractivity contribution in [1.82, 2.24) is 9.97 Å². The van der Waals surface area contributed by atoms with Crippen molar-refractivity contribution in [3.8, 4) is 6.07 Å². The molecule has 0 fully saturated rings. The summed E-state index contributed by atoms with van der Waals surface area (Å²) in [4.78, 5) is 11.9. The quantitative estimate of drug-likeness (QED) is 0.609. The summed E-state index contributed by atoms with van der Waals surface area (Å²) in [5.74, 6) is 0.294. The van der Waals surface area contributed by atoms with Gasteiger partial charge in [0, 0.05) is 5.75 Å². The van der Waals surface area contributed by atoms with Gasteiger partial charge >= 0.3 is 6.18 Å². The van der Waals surface area contributed by atoms with Crippen molar-refractivity contribution < 1.29 is 22.2 Å². The van der Waals surface area contributed by atoms with E-state index in [1.807, 2.05) is 0 Å². The number of nitriles is 1. The van der Waals surface area contributed by atoms with Gasteiger partial charge in [-0.25, -0.2) is 4.98 Å². The maximum Gasteiger partial charge on any atom is 0.425 e. The highest BCUT2D eigenvalue weighted by atomic mass is 32.2. The SMILES string of the molecule is CCS(=O)c1nc(/C(C#N)=N/OCC(F)(F)F)cnc1C. The third-order valence-corrected chi connectivity index (χ3v) is 3.46. The Kier molecular flexibility index (Phi) is 5.78. The Morgan fingerprint density at radius 2 is 2.24 bits per heavy atom. The molecule has 0 spiro atoms. The number of hydrogen-bond donors (Lipinski definition) is 0. The molecule has 114 valence electrons. The Balaban J connectivity index is 3.05. The van der Waals surface area contributed by atoms with Gasteiger partial charge in [-0.15, -0.1) is 0 Å². The van der Waals surface area contributed by atoms with Crippen molar-refractivity contribution in [2.24, 2.45) is 5.16 Å². The fourth-order valence-electron chi connectivity index (χ4n) is 1.19. The summed E-state index contributed by atoms with van der Waals surface area (Å²) in [7, 11) is -1.41. The number of aromatic nitrogens is 2. The molecular formula is C11H11F3N4O2S. The lowest BCUT2D eigenvalue weighted by Gasteiger charge is -2.06. The van der Waals surface area contributed by atoms with Crippen LogP contribution < -0.4 is 0 Å². The van der Waals surface area contributed by atoms with Gasteiger partial charge in [0.25, 0.3) is 0 Å². The highest BCUT2D eigenvalue weighted by molar-refractivity contribution is 7.84. The molecule has 0 N–H and O–H groups in total. The molecule has 1 heterocycles. The van der Waals surface area contributed by atoms with Crippen LogP contribution in [0.2, 0.25) is 0 Å². The van der Waals surface area contributed by atoms with Gasteiger partial charge < -0.3 is 4.84 Å². The Morgan fingerprint density at radius 1 is 1.57 bits per heavy atom. The van der Waals surface area contributed by atoms with Crippen LogP contribution in [0.1, 0.15) is 18.3 Å². The summed E-state index contributed by atoms with van der Waals surface area (Å²) in [6.45, 7) is 1.64. The van der Waals surface area contributed by atoms with Crippen LogP contribution in [0.5, 0.6) is 0 Å². The minimum absolute atomic E-state index is 0.0953. The number of nitrogens with zero attached hydrogens (tertiary/aromatic N) is 4. The Morgan fingerprint density at radius 3 is 2.76 bits per heavy atom. The van der Waals surface area contributed by atoms with E-state index in [9.17, 15) is 17.4 Å². The number of alkyl halides is 3. The minimum atomic E-state index is -4.56. The molecule has 0 saturated heterocycles. The topological polar surface area (TPSA) is 88.2 Å². The summed E-state index contributed by atoms with van der Waals surface area (Å²) >= 11 is 0. The average molecular weight is 320 g/mol. The molecule has 0 aromatic carbocycles. The second-order valence-corrected chi connectivity index (χ2v) is 5.38. The van der Waals surface area contributed by atoms with E-state index >= 15 is 0 Å². The second-order valence-electron chi connectivity index (χ2n) is 3.72. The van der Waals surface area contributed by atoms with Crippen molar-refractivity contribution >= 4 is 16.5 Å². The molecule has 0 radical (unpaired) electrons. The number of hydrogen-bond acceptors (Lipinski definition) is 6. The molecule has 0 amide bonds. The number of rotatable bonds is 5. The first-order chi connectivity index (χ1) is 9.78. The van der Waals surface area contributed by atoms with Crippen LogP contribution in [0, 0.1) is 18.3 Å². The van der Waals surface area contributed by atoms with Crippen LogP contribution in [-0.4, -0.2) is 38.4 Å². The van der Waals surface area contributed by atoms with Crippen molar-refractivity contribution in [3.05, 3.63) is 17.6 Å². The molecule has 0 aliphatic heterocycles. The molecule has 1 aromatic rings. The van der Waals surface area contributed by atoms with E-state index in [4.69, 9.17) is 5.26 Å². The van der Waals surface area contributed by atoms with E-state index in [1.165, 1.54) is 0 Å². The van der Waals surface area contributed by atoms with Crippen molar-refractivity contribution in [3.63, 3.8) is 0 Å². The first kappa shape index (κ1) is 17.0.